The van der Waals surface area contributed by atoms with Crippen molar-refractivity contribution in [3.8, 4) is 16.8 Å². The lowest BCUT2D eigenvalue weighted by Gasteiger charge is -2.33. The van der Waals surface area contributed by atoms with E-state index in [0.717, 1.165) is 18.5 Å². The van der Waals surface area contributed by atoms with Crippen molar-refractivity contribution in [1.82, 2.24) is 28.9 Å². The Hall–Kier alpha value is -5.30. The van der Waals surface area contributed by atoms with E-state index in [1.807, 2.05) is 30.9 Å². The van der Waals surface area contributed by atoms with Gasteiger partial charge in [-0.3, -0.25) is 19.1 Å². The maximum Gasteiger partial charge on any atom is 0.284 e. The molecule has 2 aromatic carbocycles. The number of anilines is 1. The predicted octanol–water partition coefficient (Wildman–Crippen LogP) is 3.65. The first-order valence-electron chi connectivity index (χ1n) is 15.7. The van der Waals surface area contributed by atoms with E-state index in [4.69, 9.17) is 16.2 Å². The van der Waals surface area contributed by atoms with E-state index in [2.05, 4.69) is 10.1 Å². The van der Waals surface area contributed by atoms with Gasteiger partial charge in [-0.05, 0) is 42.7 Å². The lowest BCUT2D eigenvalue weighted by molar-refractivity contribution is -0.135. The van der Waals surface area contributed by atoms with Crippen molar-refractivity contribution in [3.63, 3.8) is 0 Å². The molecule has 0 spiro atoms. The highest BCUT2D eigenvalue weighted by molar-refractivity contribution is 5.94. The molecule has 47 heavy (non-hydrogen) atoms. The summed E-state index contributed by atoms with van der Waals surface area (Å²) in [4.78, 5) is 44.8. The van der Waals surface area contributed by atoms with E-state index < -0.39 is 23.4 Å². The fraction of sp³-hybridized carbons (Fsp3) is 0.324. The fourth-order valence-electron chi connectivity index (χ4n) is 6.96. The number of amides is 2. The minimum absolute atomic E-state index is 0.0662. The van der Waals surface area contributed by atoms with Crippen LogP contribution in [0.15, 0.2) is 65.7 Å². The Kier molecular flexibility index (Phi) is 7.63. The molecule has 5 heterocycles. The number of rotatable bonds is 6. The molecule has 242 valence electrons. The number of ether oxygens (including phenoxy) is 1. The molecule has 5 aromatic rings. The van der Waals surface area contributed by atoms with Gasteiger partial charge < -0.3 is 21.1 Å². The number of halogens is 1. The Labute approximate surface area is 269 Å². The monoisotopic (exact) mass is 638 g/mol. The van der Waals surface area contributed by atoms with Crippen molar-refractivity contribution < 1.29 is 18.7 Å². The van der Waals surface area contributed by atoms with E-state index in [1.54, 1.807) is 45.6 Å². The van der Waals surface area contributed by atoms with Crippen molar-refractivity contribution in [3.05, 3.63) is 99.6 Å². The van der Waals surface area contributed by atoms with Crippen molar-refractivity contribution in [2.75, 3.05) is 25.4 Å². The van der Waals surface area contributed by atoms with Crippen LogP contribution in [0, 0.1) is 11.7 Å². The highest BCUT2D eigenvalue weighted by Crippen LogP contribution is 2.39. The average Bonchev–Trinajstić information content (AvgIpc) is 3.60. The van der Waals surface area contributed by atoms with Gasteiger partial charge in [-0.1, -0.05) is 44.2 Å². The number of likely N-dealkylation sites (tertiary alicyclic amines) is 1. The van der Waals surface area contributed by atoms with E-state index in [1.165, 1.54) is 17.1 Å². The molecule has 2 aliphatic heterocycles. The number of hydrogen-bond donors (Lipinski definition) is 2. The van der Waals surface area contributed by atoms with Gasteiger partial charge in [0.15, 0.2) is 5.82 Å². The van der Waals surface area contributed by atoms with Crippen LogP contribution in [0.1, 0.15) is 66.0 Å². The van der Waals surface area contributed by atoms with E-state index in [-0.39, 0.29) is 47.0 Å². The van der Waals surface area contributed by atoms with Gasteiger partial charge in [0, 0.05) is 41.7 Å². The Morgan fingerprint density at radius 2 is 1.77 bits per heavy atom. The highest BCUT2D eigenvalue weighted by atomic mass is 19.1. The molecule has 1 saturated heterocycles. The molecule has 0 aliphatic carbocycles. The summed E-state index contributed by atoms with van der Waals surface area (Å²) in [5.41, 5.74) is 14.8. The van der Waals surface area contributed by atoms with Crippen LogP contribution in [0.2, 0.25) is 0 Å². The lowest BCUT2D eigenvalue weighted by Crippen LogP contribution is -2.40. The molecule has 3 aromatic heterocycles. The van der Waals surface area contributed by atoms with Gasteiger partial charge in [-0.2, -0.15) is 5.10 Å². The fourth-order valence-corrected chi connectivity index (χ4v) is 6.96. The van der Waals surface area contributed by atoms with Crippen molar-refractivity contribution in [2.45, 2.75) is 45.3 Å². The molecule has 1 fully saturated rings. The molecule has 0 radical (unpaired) electrons. The van der Waals surface area contributed by atoms with Crippen LogP contribution >= 0.6 is 0 Å². The smallest absolute Gasteiger partial charge is 0.284 e. The first kappa shape index (κ1) is 30.4. The Morgan fingerprint density at radius 1 is 1.02 bits per heavy atom. The molecule has 0 saturated carbocycles. The molecule has 2 aliphatic rings. The molecule has 2 amide bonds. The topological polar surface area (TPSA) is 156 Å². The minimum atomic E-state index is -0.916. The normalized spacial score (nSPS) is 16.9. The average molecular weight is 639 g/mol. The Balaban J connectivity index is 1.27. The number of carbonyl (C=O) groups is 2. The van der Waals surface area contributed by atoms with Crippen LogP contribution in [0.5, 0.6) is 0 Å². The molecule has 1 unspecified atom stereocenters. The maximum atomic E-state index is 16.2. The van der Waals surface area contributed by atoms with Gasteiger partial charge in [-0.15, -0.1) is 0 Å². The summed E-state index contributed by atoms with van der Waals surface area (Å²) in [7, 11) is 0. The van der Waals surface area contributed by atoms with Gasteiger partial charge in [0.05, 0.1) is 24.5 Å². The summed E-state index contributed by atoms with van der Waals surface area (Å²) in [5, 5.41) is 4.48. The third kappa shape index (κ3) is 5.07. The number of fused-ring (bicyclic) bond motifs is 2. The number of nitrogens with zero attached hydrogens (tertiary/aromatic N) is 6. The van der Waals surface area contributed by atoms with Crippen molar-refractivity contribution in [1.29, 1.82) is 0 Å². The zero-order valence-corrected chi connectivity index (χ0v) is 26.1. The third-order valence-corrected chi connectivity index (χ3v) is 9.18. The molecule has 0 bridgehead atoms. The van der Waals surface area contributed by atoms with Gasteiger partial charge >= 0.3 is 0 Å². The zero-order valence-electron chi connectivity index (χ0n) is 26.1. The summed E-state index contributed by atoms with van der Waals surface area (Å²) >= 11 is 0. The second-order valence-corrected chi connectivity index (χ2v) is 12.3. The summed E-state index contributed by atoms with van der Waals surface area (Å²) in [5.74, 6) is -1.07. The number of nitrogens with two attached hydrogens (primary N) is 2. The Bertz CT molecular complexity index is 2080. The van der Waals surface area contributed by atoms with Crippen LogP contribution in [-0.4, -0.2) is 60.4 Å². The number of benzene rings is 2. The van der Waals surface area contributed by atoms with Crippen LogP contribution in [0.4, 0.5) is 10.2 Å². The molecular formula is C34H35FN8O4. The van der Waals surface area contributed by atoms with Gasteiger partial charge in [0.2, 0.25) is 5.91 Å². The third-order valence-electron chi connectivity index (χ3n) is 9.18. The standard InChI is InChI=1S/C34H35FN8O4/c1-19(2)33(45)40-12-10-20(11-13-40)26-17-24(28-31(36)38-18-39-42(26)28)23-9-8-21(16-25(23)35)30-29-27(32(37)44)34(46)43(41(29)14-15-47-30)22-6-4-3-5-7-22/h3-9,16-20,30H,10-15H2,1-2H3,(H2,37,44)(H2,36,38,39). The van der Waals surface area contributed by atoms with Gasteiger partial charge in [0.25, 0.3) is 11.5 Å². The molecular weight excluding hydrogens is 603 g/mol. The summed E-state index contributed by atoms with van der Waals surface area (Å²) in [6, 6.07) is 15.6. The van der Waals surface area contributed by atoms with Gasteiger partial charge in [0.1, 0.15) is 29.3 Å². The number of para-hydroxylation sites is 1. The van der Waals surface area contributed by atoms with E-state index in [0.29, 0.717) is 42.0 Å². The summed E-state index contributed by atoms with van der Waals surface area (Å²) < 4.78 is 27.1. The molecule has 12 nitrogen and oxygen atoms in total. The molecule has 1 atom stereocenters. The van der Waals surface area contributed by atoms with E-state index in [9.17, 15) is 14.4 Å². The second-order valence-electron chi connectivity index (χ2n) is 12.3. The summed E-state index contributed by atoms with van der Waals surface area (Å²) in [6.07, 6.45) is 1.94. The van der Waals surface area contributed by atoms with Gasteiger partial charge in [-0.25, -0.2) is 18.6 Å². The molecule has 13 heteroatoms. The second kappa shape index (κ2) is 11.8. The van der Waals surface area contributed by atoms with Crippen molar-refractivity contribution in [2.24, 2.45) is 11.7 Å². The Morgan fingerprint density at radius 3 is 2.45 bits per heavy atom. The zero-order chi connectivity index (χ0) is 33.0. The number of primary amides is 1. The predicted molar refractivity (Wildman–Crippen MR) is 173 cm³/mol. The number of aromatic nitrogens is 5. The number of carbonyl (C=O) groups excluding carboxylic acids is 2. The quantitative estimate of drug-likeness (QED) is 0.288. The number of piperidine rings is 1. The maximum absolute atomic E-state index is 16.2. The first-order valence-corrected chi connectivity index (χ1v) is 15.7. The lowest BCUT2D eigenvalue weighted by atomic mass is 9.92. The summed E-state index contributed by atoms with van der Waals surface area (Å²) in [6.45, 7) is 5.57. The largest absolute Gasteiger partial charge is 0.382 e. The number of hydrogen-bond acceptors (Lipinski definition) is 7. The van der Waals surface area contributed by atoms with E-state index >= 15 is 4.39 Å². The van der Waals surface area contributed by atoms with Crippen LogP contribution in [0.25, 0.3) is 22.3 Å². The highest BCUT2D eigenvalue weighted by Gasteiger charge is 2.35. The minimum Gasteiger partial charge on any atom is -0.382 e. The van der Waals surface area contributed by atoms with Crippen molar-refractivity contribution >= 4 is 23.1 Å². The van der Waals surface area contributed by atoms with Crippen LogP contribution < -0.4 is 17.0 Å². The molecule has 4 N–H and O–H groups in total. The first-order chi connectivity index (χ1) is 22.7. The van der Waals surface area contributed by atoms with Crippen LogP contribution in [-0.2, 0) is 16.1 Å². The van der Waals surface area contributed by atoms with Crippen LogP contribution in [0.3, 0.4) is 0 Å². The number of nitrogen functional groups attached to an aromatic ring is 1. The molecule has 7 rings (SSSR count). The SMILES string of the molecule is CC(C)C(=O)N1CCC(c2cc(-c3ccc(C4OCCn5c4c(C(N)=O)c(=O)n5-c4ccccc4)cc3F)c3c(N)ncnn23)CC1.